The predicted octanol–water partition coefficient (Wildman–Crippen LogP) is 17.0. The molecule has 0 atom stereocenters. The van der Waals surface area contributed by atoms with Crippen LogP contribution in [-0.4, -0.2) is 14.1 Å². The Morgan fingerprint density at radius 3 is 1.66 bits per heavy atom. The number of imidazole rings is 1. The molecular weight excluding hydrogens is 889 g/mol. The molecule has 0 aliphatic rings. The van der Waals surface area contributed by atoms with Crippen LogP contribution in [0.1, 0.15) is 129 Å². The summed E-state index contributed by atoms with van der Waals surface area (Å²) in [6, 6.07) is 63.6. The summed E-state index contributed by atoms with van der Waals surface area (Å²) in [7, 11) is 0. The van der Waals surface area contributed by atoms with E-state index in [1.165, 1.54) is 38.8 Å². The monoisotopic (exact) mass is 959 g/mol. The van der Waals surface area contributed by atoms with Crippen molar-refractivity contribution < 1.29 is 9.30 Å². The van der Waals surface area contributed by atoms with E-state index in [0.29, 0.717) is 0 Å². The van der Waals surface area contributed by atoms with Crippen LogP contribution in [-0.2, 0) is 27.1 Å². The highest BCUT2D eigenvalue weighted by atomic mass is 16.5. The minimum atomic E-state index is -0.383. The lowest BCUT2D eigenvalue weighted by molar-refractivity contribution is -0.611. The molecule has 3 aromatic heterocycles. The van der Waals surface area contributed by atoms with Crippen molar-refractivity contribution in [2.75, 3.05) is 0 Å². The summed E-state index contributed by atoms with van der Waals surface area (Å²) in [6.07, 6.45) is 8.09. The normalized spacial score (nSPS) is 12.7. The van der Waals surface area contributed by atoms with E-state index in [2.05, 4.69) is 292 Å². The van der Waals surface area contributed by atoms with Crippen LogP contribution in [0.5, 0.6) is 11.5 Å². The van der Waals surface area contributed by atoms with E-state index in [4.69, 9.17) is 9.72 Å². The van der Waals surface area contributed by atoms with E-state index in [1.54, 1.807) is 0 Å². The number of hydrogen-bond acceptors (Lipinski definition) is 2. The summed E-state index contributed by atoms with van der Waals surface area (Å²) in [5.74, 6) is 2.33. The van der Waals surface area contributed by atoms with Crippen molar-refractivity contribution in [2.45, 2.75) is 117 Å². The molecule has 0 aliphatic heterocycles. The lowest BCUT2D eigenvalue weighted by Gasteiger charge is -2.29. The van der Waals surface area contributed by atoms with Gasteiger partial charge in [0.15, 0.2) is 0 Å². The highest BCUT2D eigenvalue weighted by molar-refractivity contribution is 6.10. The fourth-order valence-corrected chi connectivity index (χ4v) is 10.2. The summed E-state index contributed by atoms with van der Waals surface area (Å²) in [4.78, 5) is 5.03. The van der Waals surface area contributed by atoms with Gasteiger partial charge in [-0.15, -0.1) is 0 Å². The summed E-state index contributed by atoms with van der Waals surface area (Å²) in [5.41, 5.74) is 14.2. The van der Waals surface area contributed by atoms with Crippen LogP contribution in [0.25, 0.3) is 50.1 Å². The van der Waals surface area contributed by atoms with Gasteiger partial charge in [-0.2, -0.15) is 0 Å². The number of pyridine rings is 1. The number of hydrogen-bond donors (Lipinski definition) is 0. The minimum absolute atomic E-state index is 0.0562. The Balaban J connectivity index is 1.15. The lowest BCUT2D eigenvalue weighted by Crippen LogP contribution is -2.41. The van der Waals surface area contributed by atoms with Crippen molar-refractivity contribution in [3.8, 4) is 39.8 Å². The van der Waals surface area contributed by atoms with Crippen LogP contribution < -0.4 is 9.30 Å². The first-order valence-corrected chi connectivity index (χ1v) is 25.8. The topological polar surface area (TPSA) is 35.9 Å². The molecule has 5 heteroatoms. The Bertz CT molecular complexity index is 3600. The van der Waals surface area contributed by atoms with E-state index in [-0.39, 0.29) is 27.1 Å². The van der Waals surface area contributed by atoms with Gasteiger partial charge >= 0.3 is 0 Å². The van der Waals surface area contributed by atoms with E-state index >= 15 is 0 Å². The first kappa shape index (κ1) is 49.1. The number of aromatic nitrogens is 4. The van der Waals surface area contributed by atoms with Crippen LogP contribution in [0, 0.1) is 6.33 Å². The van der Waals surface area contributed by atoms with Gasteiger partial charge in [-0.3, -0.25) is 13.7 Å². The van der Waals surface area contributed by atoms with Gasteiger partial charge in [0.05, 0.1) is 28.1 Å². The number of benzene rings is 7. The predicted molar refractivity (Wildman–Crippen MR) is 303 cm³/mol. The van der Waals surface area contributed by atoms with Crippen LogP contribution >= 0.6 is 0 Å². The largest absolute Gasteiger partial charge is 0.458 e. The van der Waals surface area contributed by atoms with Crippen molar-refractivity contribution in [1.29, 1.82) is 0 Å². The standard InChI is InChI=1S/C68H70N4O/c1-64(2,3)50-33-34-69-63(41-50)72-60-32-29-51(67(10,11)48-25-19-15-20-26-48)40-59(60)58-31-30-56(43-61(58)72)73-57-36-47(46-23-17-14-18-24-46)35-54(42-57)70-44-62(68(12,13)49-27-21-16-22-28-49)71(45-70)55-38-52(65(4,5)6)37-53(39-55)66(7,8)9/h14-44H,1-13H3. The molecular formula is C68H70N4O. The first-order chi connectivity index (χ1) is 34.6. The van der Waals surface area contributed by atoms with Crippen molar-refractivity contribution in [2.24, 2.45) is 0 Å². The zero-order chi connectivity index (χ0) is 51.7. The van der Waals surface area contributed by atoms with Crippen LogP contribution in [0.3, 0.4) is 0 Å². The molecule has 0 radical (unpaired) electrons. The van der Waals surface area contributed by atoms with Crippen LogP contribution in [0.2, 0.25) is 0 Å². The molecule has 0 saturated heterocycles. The zero-order valence-electron chi connectivity index (χ0n) is 45.1. The fourth-order valence-electron chi connectivity index (χ4n) is 10.2. The van der Waals surface area contributed by atoms with Crippen LogP contribution in [0.4, 0.5) is 0 Å². The maximum absolute atomic E-state index is 7.11. The van der Waals surface area contributed by atoms with E-state index in [9.17, 15) is 0 Å². The number of fused-ring (bicyclic) bond motifs is 3. The van der Waals surface area contributed by atoms with Gasteiger partial charge < -0.3 is 4.74 Å². The molecule has 0 unspecified atom stereocenters. The third-order valence-electron chi connectivity index (χ3n) is 15.1. The number of rotatable bonds is 10. The zero-order valence-corrected chi connectivity index (χ0v) is 45.1. The molecule has 5 nitrogen and oxygen atoms in total. The second-order valence-corrected chi connectivity index (χ2v) is 24.2. The molecule has 0 aliphatic carbocycles. The van der Waals surface area contributed by atoms with Crippen LogP contribution in [0.15, 0.2) is 188 Å². The quantitative estimate of drug-likeness (QED) is 0.101. The molecule has 0 fully saturated rings. The Labute approximate surface area is 433 Å². The van der Waals surface area contributed by atoms with Crippen molar-refractivity contribution in [3.05, 3.63) is 234 Å². The maximum atomic E-state index is 7.11. The average molecular weight is 959 g/mol. The molecule has 7 aromatic carbocycles. The lowest BCUT2D eigenvalue weighted by atomic mass is 9.78. The molecule has 73 heavy (non-hydrogen) atoms. The Hall–Kier alpha value is -7.50. The maximum Gasteiger partial charge on any atom is 0.269 e. The summed E-state index contributed by atoms with van der Waals surface area (Å²) in [6.45, 7) is 29.8. The Morgan fingerprint density at radius 2 is 1.04 bits per heavy atom. The van der Waals surface area contributed by atoms with Crippen molar-refractivity contribution >= 4 is 21.8 Å². The Kier molecular flexibility index (Phi) is 12.2. The summed E-state index contributed by atoms with van der Waals surface area (Å²) in [5, 5.41) is 2.31. The molecule has 0 spiro atoms. The number of ether oxygens (including phenoxy) is 1. The molecule has 0 amide bonds. The molecule has 0 saturated carbocycles. The van der Waals surface area contributed by atoms with Gasteiger partial charge in [0.1, 0.15) is 17.3 Å². The third kappa shape index (κ3) is 9.54. The molecule has 3 heterocycles. The van der Waals surface area contributed by atoms with Gasteiger partial charge in [0.2, 0.25) is 0 Å². The smallest absolute Gasteiger partial charge is 0.269 e. The highest BCUT2D eigenvalue weighted by Gasteiger charge is 2.31. The highest BCUT2D eigenvalue weighted by Crippen LogP contribution is 2.41. The SMILES string of the molecule is CC(C)(C)c1cc(-[n+]2[c-]n(-c3cc(Oc4ccc5c6cc(C(C)(C)c7ccccc7)ccc6n(-c6cc(C(C)(C)C)ccn6)c5c4)cc(-c4ccccc4)c3)cc2C(C)(C)c2ccccc2)cc(C(C)(C)C)c1. The van der Waals surface area contributed by atoms with Crippen molar-refractivity contribution in [3.63, 3.8) is 0 Å². The van der Waals surface area contributed by atoms with E-state index in [1.807, 2.05) is 6.20 Å². The van der Waals surface area contributed by atoms with E-state index < -0.39 is 0 Å². The van der Waals surface area contributed by atoms with Crippen molar-refractivity contribution in [1.82, 2.24) is 14.1 Å². The number of nitrogens with zero attached hydrogens (tertiary/aromatic N) is 4. The molecule has 0 bridgehead atoms. The molecule has 368 valence electrons. The minimum Gasteiger partial charge on any atom is -0.458 e. The van der Waals surface area contributed by atoms with Gasteiger partial charge in [0, 0.05) is 40.1 Å². The first-order valence-electron chi connectivity index (χ1n) is 25.8. The second-order valence-electron chi connectivity index (χ2n) is 24.2. The van der Waals surface area contributed by atoms with Gasteiger partial charge in [-0.05, 0) is 127 Å². The van der Waals surface area contributed by atoms with Gasteiger partial charge in [0.25, 0.3) is 6.33 Å². The average Bonchev–Trinajstić information content (AvgIpc) is 3.97. The molecule has 0 N–H and O–H groups in total. The summed E-state index contributed by atoms with van der Waals surface area (Å²) >= 11 is 0. The summed E-state index contributed by atoms with van der Waals surface area (Å²) < 4.78 is 13.9. The van der Waals surface area contributed by atoms with E-state index in [0.717, 1.165) is 61.9 Å². The van der Waals surface area contributed by atoms with Gasteiger partial charge in [-0.1, -0.05) is 193 Å². The van der Waals surface area contributed by atoms with Gasteiger partial charge in [-0.25, -0.2) is 4.98 Å². The second kappa shape index (κ2) is 18.2. The Morgan fingerprint density at radius 1 is 0.438 bits per heavy atom. The molecule has 10 rings (SSSR count). The third-order valence-corrected chi connectivity index (χ3v) is 15.1. The molecule has 10 aromatic rings. The fraction of sp³-hybridized carbons (Fsp3) is 0.265.